The lowest BCUT2D eigenvalue weighted by molar-refractivity contribution is -0.173. The Labute approximate surface area is 229 Å². The van der Waals surface area contributed by atoms with Crippen molar-refractivity contribution in [1.82, 2.24) is 14.8 Å². The van der Waals surface area contributed by atoms with Crippen molar-refractivity contribution < 1.29 is 27.2 Å². The first-order chi connectivity index (χ1) is 19.2. The Morgan fingerprint density at radius 2 is 1.60 bits per heavy atom. The Bertz CT molecular complexity index is 1510. The molecule has 0 spiro atoms. The highest BCUT2D eigenvalue weighted by Crippen LogP contribution is 2.32. The van der Waals surface area contributed by atoms with Crippen LogP contribution in [0, 0.1) is 5.82 Å². The number of amides is 2. The average Bonchev–Trinajstić information content (AvgIpc) is 3.34. The molecule has 9 heteroatoms. The molecule has 3 aromatic carbocycles. The van der Waals surface area contributed by atoms with Gasteiger partial charge in [-0.1, -0.05) is 60.7 Å². The Balaban J connectivity index is 1.26. The molecule has 1 N–H and O–H groups in total. The van der Waals surface area contributed by atoms with Gasteiger partial charge in [0.1, 0.15) is 5.82 Å². The number of fused-ring (bicyclic) bond motifs is 1. The van der Waals surface area contributed by atoms with Crippen LogP contribution in [0.1, 0.15) is 45.8 Å². The Kier molecular flexibility index (Phi) is 7.91. The first-order valence-electron chi connectivity index (χ1n) is 13.2. The monoisotopic (exact) mass is 551 g/mol. The number of aryl methyl sites for hydroxylation is 2. The van der Waals surface area contributed by atoms with Gasteiger partial charge in [0, 0.05) is 43.3 Å². The molecule has 2 amide bonds. The van der Waals surface area contributed by atoms with Crippen LogP contribution in [0.25, 0.3) is 10.9 Å². The standard InChI is InChI=1S/C31H29F4N3O2/c32-27-11-10-22(19-36-30(40)31(33,34)35)18-25(27)23-13-16-37(17-14-23)29(39)26-20-38(28-9-5-4-8-24(26)28)15-12-21-6-2-1-3-7-21/h1-11,18,20,23H,12-17,19H2,(H,36,40). The Morgan fingerprint density at radius 3 is 2.33 bits per heavy atom. The highest BCUT2D eigenvalue weighted by Gasteiger charge is 2.38. The maximum atomic E-state index is 14.7. The number of likely N-dealkylation sites (tertiary alicyclic amines) is 1. The van der Waals surface area contributed by atoms with Gasteiger partial charge in [-0.2, -0.15) is 13.2 Å². The smallest absolute Gasteiger partial charge is 0.346 e. The fourth-order valence-corrected chi connectivity index (χ4v) is 5.36. The minimum atomic E-state index is -4.98. The molecule has 1 fully saturated rings. The minimum Gasteiger partial charge on any atom is -0.346 e. The average molecular weight is 552 g/mol. The van der Waals surface area contributed by atoms with Crippen LogP contribution in [0.3, 0.4) is 0 Å². The molecule has 0 saturated carbocycles. The molecule has 1 aliphatic rings. The number of benzene rings is 3. The van der Waals surface area contributed by atoms with Gasteiger partial charge < -0.3 is 14.8 Å². The summed E-state index contributed by atoms with van der Waals surface area (Å²) in [5, 5.41) is 2.71. The maximum Gasteiger partial charge on any atom is 0.471 e. The number of hydrogen-bond acceptors (Lipinski definition) is 2. The number of rotatable bonds is 7. The summed E-state index contributed by atoms with van der Waals surface area (Å²) in [7, 11) is 0. The third kappa shape index (κ3) is 6.03. The summed E-state index contributed by atoms with van der Waals surface area (Å²) in [6.45, 7) is 1.25. The van der Waals surface area contributed by atoms with Crippen molar-refractivity contribution in [2.24, 2.45) is 0 Å². The number of halogens is 4. The Morgan fingerprint density at radius 1 is 0.900 bits per heavy atom. The number of carbonyl (C=O) groups is 2. The second kappa shape index (κ2) is 11.5. The molecule has 0 aliphatic carbocycles. The number of alkyl halides is 3. The second-order valence-electron chi connectivity index (χ2n) is 10.1. The van der Waals surface area contributed by atoms with Crippen molar-refractivity contribution in [1.29, 1.82) is 0 Å². The van der Waals surface area contributed by atoms with E-state index in [1.54, 1.807) is 4.90 Å². The quantitative estimate of drug-likeness (QED) is 0.277. The SMILES string of the molecule is O=C(c1cn(CCc2ccccc2)c2ccccc12)N1CCC(c2cc(CNC(=O)C(F)(F)F)ccc2F)CC1. The first kappa shape index (κ1) is 27.4. The van der Waals surface area contributed by atoms with Crippen LogP contribution in [-0.2, 0) is 24.3 Å². The van der Waals surface area contributed by atoms with Gasteiger partial charge in [0.2, 0.25) is 0 Å². The van der Waals surface area contributed by atoms with Gasteiger partial charge in [0.05, 0.1) is 5.56 Å². The number of carbonyl (C=O) groups excluding carboxylic acids is 2. The number of hydrogen-bond donors (Lipinski definition) is 1. The van der Waals surface area contributed by atoms with Crippen LogP contribution < -0.4 is 5.32 Å². The van der Waals surface area contributed by atoms with Gasteiger partial charge in [0.25, 0.3) is 5.91 Å². The van der Waals surface area contributed by atoms with Crippen molar-refractivity contribution in [3.8, 4) is 0 Å². The number of aromatic nitrogens is 1. The molecule has 2 heterocycles. The van der Waals surface area contributed by atoms with Gasteiger partial charge in [0.15, 0.2) is 0 Å². The van der Waals surface area contributed by atoms with E-state index in [4.69, 9.17) is 0 Å². The molecule has 1 aliphatic heterocycles. The second-order valence-corrected chi connectivity index (χ2v) is 10.1. The molecule has 5 rings (SSSR count). The molecule has 208 valence electrons. The predicted octanol–water partition coefficient (Wildman–Crippen LogP) is 6.22. The number of piperidine rings is 1. The molecule has 0 bridgehead atoms. The molecule has 40 heavy (non-hydrogen) atoms. The van der Waals surface area contributed by atoms with E-state index < -0.39 is 17.9 Å². The summed E-state index contributed by atoms with van der Waals surface area (Å²) in [6.07, 6.45) is -1.18. The normalized spacial score (nSPS) is 14.4. The molecular formula is C31H29F4N3O2. The van der Waals surface area contributed by atoms with Crippen LogP contribution in [0.15, 0.2) is 79.0 Å². The van der Waals surface area contributed by atoms with E-state index in [-0.39, 0.29) is 18.4 Å². The lowest BCUT2D eigenvalue weighted by atomic mass is 9.88. The van der Waals surface area contributed by atoms with Crippen molar-refractivity contribution in [2.75, 3.05) is 13.1 Å². The molecule has 1 saturated heterocycles. The van der Waals surface area contributed by atoms with E-state index in [0.717, 1.165) is 23.9 Å². The third-order valence-electron chi connectivity index (χ3n) is 7.50. The van der Waals surface area contributed by atoms with Gasteiger partial charge in [-0.15, -0.1) is 0 Å². The van der Waals surface area contributed by atoms with Crippen LogP contribution in [0.4, 0.5) is 17.6 Å². The summed E-state index contributed by atoms with van der Waals surface area (Å²) in [4.78, 5) is 26.5. The van der Waals surface area contributed by atoms with Crippen LogP contribution in [0.2, 0.25) is 0 Å². The summed E-state index contributed by atoms with van der Waals surface area (Å²) in [6, 6.07) is 22.1. The molecular weight excluding hydrogens is 522 g/mol. The van der Waals surface area contributed by atoms with Crippen LogP contribution >= 0.6 is 0 Å². The topological polar surface area (TPSA) is 54.3 Å². The van der Waals surface area contributed by atoms with Gasteiger partial charge in [-0.3, -0.25) is 9.59 Å². The lowest BCUT2D eigenvalue weighted by Gasteiger charge is -2.32. The van der Waals surface area contributed by atoms with Crippen LogP contribution in [-0.4, -0.2) is 40.5 Å². The molecule has 0 atom stereocenters. The van der Waals surface area contributed by atoms with Crippen molar-refractivity contribution in [3.63, 3.8) is 0 Å². The maximum absolute atomic E-state index is 14.7. The molecule has 1 aromatic heterocycles. The van der Waals surface area contributed by atoms with Gasteiger partial charge >= 0.3 is 12.1 Å². The van der Waals surface area contributed by atoms with E-state index in [1.165, 1.54) is 23.8 Å². The third-order valence-corrected chi connectivity index (χ3v) is 7.50. The number of nitrogens with one attached hydrogen (secondary N) is 1. The van der Waals surface area contributed by atoms with Crippen molar-refractivity contribution in [2.45, 2.75) is 44.4 Å². The number of para-hydroxylation sites is 1. The van der Waals surface area contributed by atoms with E-state index in [9.17, 15) is 27.2 Å². The molecule has 4 aromatic rings. The zero-order valence-corrected chi connectivity index (χ0v) is 21.8. The molecule has 0 radical (unpaired) electrons. The van der Waals surface area contributed by atoms with Crippen molar-refractivity contribution in [3.05, 3.63) is 107 Å². The van der Waals surface area contributed by atoms with Crippen LogP contribution in [0.5, 0.6) is 0 Å². The first-order valence-corrected chi connectivity index (χ1v) is 13.2. The highest BCUT2D eigenvalue weighted by atomic mass is 19.4. The summed E-state index contributed by atoms with van der Waals surface area (Å²) < 4.78 is 54.3. The van der Waals surface area contributed by atoms with E-state index >= 15 is 0 Å². The van der Waals surface area contributed by atoms with Crippen molar-refractivity contribution >= 4 is 22.7 Å². The molecule has 0 unspecified atom stereocenters. The zero-order chi connectivity index (χ0) is 28.3. The predicted molar refractivity (Wildman–Crippen MR) is 144 cm³/mol. The summed E-state index contributed by atoms with van der Waals surface area (Å²) >= 11 is 0. The highest BCUT2D eigenvalue weighted by molar-refractivity contribution is 6.07. The molecule has 5 nitrogen and oxygen atoms in total. The lowest BCUT2D eigenvalue weighted by Crippen LogP contribution is -2.38. The van der Waals surface area contributed by atoms with Gasteiger partial charge in [-0.25, -0.2) is 4.39 Å². The fraction of sp³-hybridized carbons (Fsp3) is 0.290. The fourth-order valence-electron chi connectivity index (χ4n) is 5.36. The summed E-state index contributed by atoms with van der Waals surface area (Å²) in [5.41, 5.74) is 3.62. The zero-order valence-electron chi connectivity index (χ0n) is 21.8. The van der Waals surface area contributed by atoms with E-state index in [2.05, 4.69) is 16.7 Å². The largest absolute Gasteiger partial charge is 0.471 e. The van der Waals surface area contributed by atoms with E-state index in [0.29, 0.717) is 42.6 Å². The summed E-state index contributed by atoms with van der Waals surface area (Å²) in [5.74, 6) is -2.74. The number of nitrogens with zero attached hydrogens (tertiary/aromatic N) is 2. The Hall–Kier alpha value is -4.14. The van der Waals surface area contributed by atoms with E-state index in [1.807, 2.05) is 54.0 Å². The van der Waals surface area contributed by atoms with Gasteiger partial charge in [-0.05, 0) is 54.0 Å². The minimum absolute atomic E-state index is 0.0720.